The van der Waals surface area contributed by atoms with Crippen LogP contribution in [0.4, 0.5) is 5.69 Å². The maximum Gasteiger partial charge on any atom is 0.242 e. The first-order valence-electron chi connectivity index (χ1n) is 6.57. The van der Waals surface area contributed by atoms with E-state index in [9.17, 15) is 4.79 Å². The number of anilines is 1. The van der Waals surface area contributed by atoms with Gasteiger partial charge >= 0.3 is 0 Å². The maximum absolute atomic E-state index is 11.9. The molecule has 1 saturated heterocycles. The number of carbonyl (C=O) groups excluding carboxylic acids is 1. The topological polar surface area (TPSA) is 50.4 Å². The van der Waals surface area contributed by atoms with E-state index in [1.54, 1.807) is 0 Å². The predicted molar refractivity (Wildman–Crippen MR) is 71.9 cm³/mol. The number of hydrogen-bond acceptors (Lipinski definition) is 3. The highest BCUT2D eigenvalue weighted by Gasteiger charge is 2.21. The molecule has 18 heavy (non-hydrogen) atoms. The Balaban J connectivity index is 2.09. The largest absolute Gasteiger partial charge is 0.492 e. The molecule has 1 unspecified atom stereocenters. The molecule has 4 heteroatoms. The van der Waals surface area contributed by atoms with Crippen LogP contribution in [0.25, 0.3) is 0 Å². The van der Waals surface area contributed by atoms with Gasteiger partial charge < -0.3 is 15.4 Å². The maximum atomic E-state index is 11.9. The fraction of sp³-hybridized carbons (Fsp3) is 0.500. The Kier molecular flexibility index (Phi) is 4.45. The Bertz CT molecular complexity index is 407. The second-order valence-corrected chi connectivity index (χ2v) is 4.41. The zero-order chi connectivity index (χ0) is 12.8. The van der Waals surface area contributed by atoms with Gasteiger partial charge in [-0.3, -0.25) is 4.79 Å². The molecular formula is C14H20N2O2. The average Bonchev–Trinajstić information content (AvgIpc) is 2.58. The Morgan fingerprint density at radius 3 is 3.06 bits per heavy atom. The van der Waals surface area contributed by atoms with Crippen LogP contribution >= 0.6 is 0 Å². The van der Waals surface area contributed by atoms with Crippen molar-refractivity contribution in [3.63, 3.8) is 0 Å². The Hall–Kier alpha value is -1.71. The van der Waals surface area contributed by atoms with E-state index in [0.717, 1.165) is 37.2 Å². The minimum Gasteiger partial charge on any atom is -0.492 e. The summed E-state index contributed by atoms with van der Waals surface area (Å²) < 4.78 is 5.55. The van der Waals surface area contributed by atoms with Gasteiger partial charge in [0.2, 0.25) is 5.91 Å². The number of hydrogen-bond donors (Lipinski definition) is 2. The molecule has 0 aliphatic carbocycles. The van der Waals surface area contributed by atoms with Crippen LogP contribution in [0.1, 0.15) is 26.2 Å². The molecule has 0 saturated carbocycles. The molecule has 1 amide bonds. The third kappa shape index (κ3) is 3.15. The van der Waals surface area contributed by atoms with Gasteiger partial charge in [-0.2, -0.15) is 0 Å². The van der Waals surface area contributed by atoms with E-state index in [1.807, 2.05) is 31.2 Å². The lowest BCUT2D eigenvalue weighted by atomic mass is 10.1. The summed E-state index contributed by atoms with van der Waals surface area (Å²) in [5, 5.41) is 6.21. The SMILES string of the molecule is CCOc1ccccc1NC1CCCCNC1=O. The lowest BCUT2D eigenvalue weighted by Gasteiger charge is -2.18. The third-order valence-electron chi connectivity index (χ3n) is 3.05. The molecule has 2 rings (SSSR count). The second-order valence-electron chi connectivity index (χ2n) is 4.41. The van der Waals surface area contributed by atoms with Crippen LogP contribution in [-0.2, 0) is 4.79 Å². The quantitative estimate of drug-likeness (QED) is 0.858. The zero-order valence-electron chi connectivity index (χ0n) is 10.7. The molecular weight excluding hydrogens is 228 g/mol. The summed E-state index contributed by atoms with van der Waals surface area (Å²) in [5.74, 6) is 0.885. The van der Waals surface area contributed by atoms with Crippen molar-refractivity contribution in [3.8, 4) is 5.75 Å². The highest BCUT2D eigenvalue weighted by atomic mass is 16.5. The van der Waals surface area contributed by atoms with Crippen LogP contribution in [0.2, 0.25) is 0 Å². The van der Waals surface area contributed by atoms with Crippen molar-refractivity contribution in [1.82, 2.24) is 5.32 Å². The van der Waals surface area contributed by atoms with E-state index in [2.05, 4.69) is 10.6 Å². The summed E-state index contributed by atoms with van der Waals surface area (Å²) in [5.41, 5.74) is 0.890. The number of rotatable bonds is 4. The third-order valence-corrected chi connectivity index (χ3v) is 3.05. The summed E-state index contributed by atoms with van der Waals surface area (Å²) >= 11 is 0. The highest BCUT2D eigenvalue weighted by molar-refractivity contribution is 5.85. The molecule has 1 fully saturated rings. The van der Waals surface area contributed by atoms with E-state index in [1.165, 1.54) is 0 Å². The molecule has 98 valence electrons. The van der Waals surface area contributed by atoms with Gasteiger partial charge in [-0.1, -0.05) is 12.1 Å². The molecule has 1 aromatic carbocycles. The molecule has 0 radical (unpaired) electrons. The van der Waals surface area contributed by atoms with E-state index in [4.69, 9.17) is 4.74 Å². The first kappa shape index (κ1) is 12.7. The lowest BCUT2D eigenvalue weighted by Crippen LogP contribution is -2.37. The standard InChI is InChI=1S/C14H20N2O2/c1-2-18-13-9-4-3-7-11(13)16-12-8-5-6-10-15-14(12)17/h3-4,7,9,12,16H,2,5-6,8,10H2,1H3,(H,15,17). The lowest BCUT2D eigenvalue weighted by molar-refractivity contribution is -0.121. The summed E-state index contributed by atoms with van der Waals surface area (Å²) in [6.07, 6.45) is 2.98. The predicted octanol–water partition coefficient (Wildman–Crippen LogP) is 2.17. The first-order chi connectivity index (χ1) is 8.81. The minimum atomic E-state index is -0.158. The zero-order valence-corrected chi connectivity index (χ0v) is 10.7. The summed E-state index contributed by atoms with van der Waals surface area (Å²) in [6.45, 7) is 3.36. The van der Waals surface area contributed by atoms with Crippen molar-refractivity contribution in [2.45, 2.75) is 32.2 Å². The molecule has 1 aliphatic heterocycles. The van der Waals surface area contributed by atoms with Crippen LogP contribution in [0.15, 0.2) is 24.3 Å². The molecule has 1 heterocycles. The minimum absolute atomic E-state index is 0.0822. The smallest absolute Gasteiger partial charge is 0.242 e. The highest BCUT2D eigenvalue weighted by Crippen LogP contribution is 2.25. The molecule has 1 aliphatic rings. The van der Waals surface area contributed by atoms with Crippen molar-refractivity contribution >= 4 is 11.6 Å². The van der Waals surface area contributed by atoms with Crippen molar-refractivity contribution in [2.24, 2.45) is 0 Å². The van der Waals surface area contributed by atoms with E-state index in [0.29, 0.717) is 6.61 Å². The van der Waals surface area contributed by atoms with Gasteiger partial charge in [-0.05, 0) is 38.3 Å². The fourth-order valence-electron chi connectivity index (χ4n) is 2.13. The van der Waals surface area contributed by atoms with Gasteiger partial charge in [0.05, 0.1) is 12.3 Å². The number of amides is 1. The molecule has 0 spiro atoms. The van der Waals surface area contributed by atoms with Crippen LogP contribution in [-0.4, -0.2) is 25.1 Å². The average molecular weight is 248 g/mol. The fourth-order valence-corrected chi connectivity index (χ4v) is 2.13. The number of ether oxygens (including phenoxy) is 1. The Morgan fingerprint density at radius 1 is 1.39 bits per heavy atom. The first-order valence-corrected chi connectivity index (χ1v) is 6.57. The number of carbonyl (C=O) groups is 1. The number of para-hydroxylation sites is 2. The monoisotopic (exact) mass is 248 g/mol. The van der Waals surface area contributed by atoms with Gasteiger partial charge in [0.1, 0.15) is 11.8 Å². The van der Waals surface area contributed by atoms with Gasteiger partial charge in [0, 0.05) is 6.54 Å². The number of nitrogens with one attached hydrogen (secondary N) is 2. The summed E-state index contributed by atoms with van der Waals surface area (Å²) in [4.78, 5) is 11.9. The normalized spacial score (nSPS) is 19.8. The van der Waals surface area contributed by atoms with Gasteiger partial charge in [0.15, 0.2) is 0 Å². The summed E-state index contributed by atoms with van der Waals surface area (Å²) in [6, 6.07) is 7.58. The summed E-state index contributed by atoms with van der Waals surface area (Å²) in [7, 11) is 0. The molecule has 0 aromatic heterocycles. The van der Waals surface area contributed by atoms with Gasteiger partial charge in [-0.25, -0.2) is 0 Å². The van der Waals surface area contributed by atoms with Crippen LogP contribution in [0, 0.1) is 0 Å². The van der Waals surface area contributed by atoms with E-state index >= 15 is 0 Å². The van der Waals surface area contributed by atoms with Crippen LogP contribution < -0.4 is 15.4 Å². The van der Waals surface area contributed by atoms with Crippen molar-refractivity contribution in [3.05, 3.63) is 24.3 Å². The molecule has 2 N–H and O–H groups in total. The van der Waals surface area contributed by atoms with Gasteiger partial charge in [0.25, 0.3) is 0 Å². The van der Waals surface area contributed by atoms with Crippen molar-refractivity contribution in [2.75, 3.05) is 18.5 Å². The van der Waals surface area contributed by atoms with Crippen molar-refractivity contribution < 1.29 is 9.53 Å². The van der Waals surface area contributed by atoms with Gasteiger partial charge in [-0.15, -0.1) is 0 Å². The number of benzene rings is 1. The molecule has 1 atom stereocenters. The van der Waals surface area contributed by atoms with Crippen LogP contribution in [0.5, 0.6) is 5.75 Å². The molecule has 1 aromatic rings. The molecule has 4 nitrogen and oxygen atoms in total. The Labute approximate surface area is 108 Å². The van der Waals surface area contributed by atoms with Crippen molar-refractivity contribution in [1.29, 1.82) is 0 Å². The van der Waals surface area contributed by atoms with E-state index < -0.39 is 0 Å². The van der Waals surface area contributed by atoms with Crippen LogP contribution in [0.3, 0.4) is 0 Å². The van der Waals surface area contributed by atoms with E-state index in [-0.39, 0.29) is 11.9 Å². The molecule has 0 bridgehead atoms. The second kappa shape index (κ2) is 6.28. The Morgan fingerprint density at radius 2 is 2.22 bits per heavy atom.